The minimum absolute atomic E-state index is 0.238. The highest BCUT2D eigenvalue weighted by Gasteiger charge is 2.13. The zero-order valence-electron chi connectivity index (χ0n) is 10.8. The summed E-state index contributed by atoms with van der Waals surface area (Å²) in [5.74, 6) is 0. The average molecular weight is 287 g/mol. The molecule has 3 rings (SSSR count). The van der Waals surface area contributed by atoms with E-state index in [0.29, 0.717) is 5.69 Å². The fourth-order valence-electron chi connectivity index (χ4n) is 1.99. The fraction of sp³-hybridized carbons (Fsp3) is 0.0714. The summed E-state index contributed by atoms with van der Waals surface area (Å²) in [6, 6.07) is 11.7. The number of rotatable bonds is 3. The molecule has 0 atom stereocenters. The molecule has 0 spiro atoms. The lowest BCUT2D eigenvalue weighted by atomic mass is 10.4. The maximum Gasteiger partial charge on any atom is 0.261 e. The van der Waals surface area contributed by atoms with Crippen molar-refractivity contribution in [3.8, 4) is 0 Å². The number of benzene rings is 1. The number of sulfonamides is 1. The molecule has 0 saturated carbocycles. The third kappa shape index (κ3) is 2.37. The van der Waals surface area contributed by atoms with Gasteiger partial charge in [-0.15, -0.1) is 0 Å². The molecule has 6 heteroatoms. The molecule has 5 nitrogen and oxygen atoms in total. The van der Waals surface area contributed by atoms with Gasteiger partial charge in [-0.05, 0) is 31.2 Å². The van der Waals surface area contributed by atoms with Crippen LogP contribution in [0.2, 0.25) is 0 Å². The van der Waals surface area contributed by atoms with Gasteiger partial charge in [-0.3, -0.25) is 4.72 Å². The highest BCUT2D eigenvalue weighted by Crippen LogP contribution is 2.16. The predicted molar refractivity (Wildman–Crippen MR) is 77.2 cm³/mol. The summed E-state index contributed by atoms with van der Waals surface area (Å²) in [6.45, 7) is 1.89. The summed E-state index contributed by atoms with van der Waals surface area (Å²) in [7, 11) is -3.56. The molecular formula is C14H13N3O2S. The van der Waals surface area contributed by atoms with Crippen molar-refractivity contribution in [1.29, 1.82) is 0 Å². The van der Waals surface area contributed by atoms with Gasteiger partial charge in [-0.25, -0.2) is 13.4 Å². The maximum absolute atomic E-state index is 12.2. The van der Waals surface area contributed by atoms with Gasteiger partial charge in [0, 0.05) is 12.4 Å². The topological polar surface area (TPSA) is 63.5 Å². The fourth-order valence-corrected chi connectivity index (χ4v) is 3.06. The zero-order valence-corrected chi connectivity index (χ0v) is 11.6. The van der Waals surface area contributed by atoms with Crippen molar-refractivity contribution in [3.63, 3.8) is 0 Å². The number of anilines is 1. The number of aryl methyl sites for hydroxylation is 1. The molecule has 0 bridgehead atoms. The Morgan fingerprint density at radius 1 is 1.05 bits per heavy atom. The summed E-state index contributed by atoms with van der Waals surface area (Å²) < 4.78 is 28.8. The molecule has 0 aliphatic rings. The lowest BCUT2D eigenvalue weighted by Gasteiger charge is -2.08. The van der Waals surface area contributed by atoms with E-state index in [1.807, 2.05) is 13.1 Å². The van der Waals surface area contributed by atoms with Crippen molar-refractivity contribution in [3.05, 3.63) is 60.6 Å². The molecule has 20 heavy (non-hydrogen) atoms. The third-order valence-corrected chi connectivity index (χ3v) is 4.27. The van der Waals surface area contributed by atoms with E-state index in [4.69, 9.17) is 0 Å². The molecule has 2 heterocycles. The maximum atomic E-state index is 12.2. The quantitative estimate of drug-likeness (QED) is 0.804. The smallest absolute Gasteiger partial charge is 0.261 e. The van der Waals surface area contributed by atoms with Crippen LogP contribution < -0.4 is 4.72 Å². The van der Waals surface area contributed by atoms with Gasteiger partial charge >= 0.3 is 0 Å². The van der Waals surface area contributed by atoms with E-state index < -0.39 is 10.0 Å². The molecule has 0 unspecified atom stereocenters. The third-order valence-electron chi connectivity index (χ3n) is 2.88. The number of imidazole rings is 1. The van der Waals surface area contributed by atoms with Crippen LogP contribution in [0, 0.1) is 6.92 Å². The normalized spacial score (nSPS) is 11.7. The monoisotopic (exact) mass is 287 g/mol. The van der Waals surface area contributed by atoms with Gasteiger partial charge in [0.05, 0.1) is 16.3 Å². The van der Waals surface area contributed by atoms with Crippen LogP contribution >= 0.6 is 0 Å². The summed E-state index contributed by atoms with van der Waals surface area (Å²) in [4.78, 5) is 4.53. The van der Waals surface area contributed by atoms with Gasteiger partial charge in [-0.1, -0.05) is 18.2 Å². The summed E-state index contributed by atoms with van der Waals surface area (Å²) in [5, 5.41) is 0. The second kappa shape index (κ2) is 4.64. The van der Waals surface area contributed by atoms with E-state index in [0.717, 1.165) is 11.3 Å². The second-order valence-corrected chi connectivity index (χ2v) is 6.17. The molecule has 0 fully saturated rings. The molecule has 102 valence electrons. The molecule has 0 aliphatic heterocycles. The van der Waals surface area contributed by atoms with Gasteiger partial charge in [0.2, 0.25) is 0 Å². The average Bonchev–Trinajstić information content (AvgIpc) is 2.79. The first-order valence-electron chi connectivity index (χ1n) is 6.08. The molecule has 1 N–H and O–H groups in total. The van der Waals surface area contributed by atoms with Gasteiger partial charge in [-0.2, -0.15) is 0 Å². The highest BCUT2D eigenvalue weighted by molar-refractivity contribution is 7.92. The first-order valence-corrected chi connectivity index (χ1v) is 7.56. The van der Waals surface area contributed by atoms with Crippen LogP contribution in [0.1, 0.15) is 5.69 Å². The summed E-state index contributed by atoms with van der Waals surface area (Å²) in [5.41, 5.74) is 2.16. The van der Waals surface area contributed by atoms with Crippen molar-refractivity contribution < 1.29 is 8.42 Å². The number of nitrogens with one attached hydrogen (secondary N) is 1. The Labute approximate surface area is 117 Å². The summed E-state index contributed by atoms with van der Waals surface area (Å²) >= 11 is 0. The predicted octanol–water partition coefficient (Wildman–Crippen LogP) is 2.44. The van der Waals surface area contributed by atoms with E-state index in [-0.39, 0.29) is 4.90 Å². The molecule has 1 aromatic carbocycles. The molecule has 0 saturated heterocycles. The van der Waals surface area contributed by atoms with Crippen LogP contribution in [0.15, 0.2) is 59.8 Å². The number of nitrogens with zero attached hydrogens (tertiary/aromatic N) is 2. The summed E-state index contributed by atoms with van der Waals surface area (Å²) in [6.07, 6.45) is 3.55. The van der Waals surface area contributed by atoms with Gasteiger partial charge in [0.25, 0.3) is 10.0 Å². The lowest BCUT2D eigenvalue weighted by Crippen LogP contribution is -2.13. The van der Waals surface area contributed by atoms with Crippen LogP contribution in [0.3, 0.4) is 0 Å². The minimum Gasteiger partial charge on any atom is -0.305 e. The van der Waals surface area contributed by atoms with Crippen LogP contribution in [0.25, 0.3) is 5.65 Å². The standard InChI is InChI=1S/C14H13N3O2S/c1-11-9-17-10-12(7-8-14(17)15-11)16-20(18,19)13-5-3-2-4-6-13/h2-10,16H,1H3. The van der Waals surface area contributed by atoms with E-state index >= 15 is 0 Å². The Morgan fingerprint density at radius 2 is 1.80 bits per heavy atom. The minimum atomic E-state index is -3.56. The molecule has 3 aromatic rings. The van der Waals surface area contributed by atoms with Crippen LogP contribution in [0.5, 0.6) is 0 Å². The van der Waals surface area contributed by atoms with Crippen molar-refractivity contribution in [2.24, 2.45) is 0 Å². The van der Waals surface area contributed by atoms with Gasteiger partial charge < -0.3 is 4.40 Å². The Bertz CT molecular complexity index is 855. The molecule has 0 radical (unpaired) electrons. The lowest BCUT2D eigenvalue weighted by molar-refractivity contribution is 0.601. The Hall–Kier alpha value is -2.34. The second-order valence-electron chi connectivity index (χ2n) is 4.48. The van der Waals surface area contributed by atoms with E-state index in [1.165, 1.54) is 0 Å². The number of pyridine rings is 1. The molecular weight excluding hydrogens is 274 g/mol. The van der Waals surface area contributed by atoms with Gasteiger partial charge in [0.1, 0.15) is 5.65 Å². The SMILES string of the molecule is Cc1cn2cc(NS(=O)(=O)c3ccccc3)ccc2n1. The van der Waals surface area contributed by atoms with Crippen LogP contribution in [-0.4, -0.2) is 17.8 Å². The molecule has 0 amide bonds. The molecule has 0 aliphatic carbocycles. The van der Waals surface area contributed by atoms with Gasteiger partial charge in [0.15, 0.2) is 0 Å². The number of fused-ring (bicyclic) bond motifs is 1. The van der Waals surface area contributed by atoms with Crippen LogP contribution in [-0.2, 0) is 10.0 Å². The Kier molecular flexibility index (Phi) is 2.94. The first-order chi connectivity index (χ1) is 9.54. The van der Waals surface area contributed by atoms with E-state index in [9.17, 15) is 8.42 Å². The largest absolute Gasteiger partial charge is 0.305 e. The number of hydrogen-bond acceptors (Lipinski definition) is 3. The number of aromatic nitrogens is 2. The Morgan fingerprint density at radius 3 is 2.55 bits per heavy atom. The van der Waals surface area contributed by atoms with Crippen molar-refractivity contribution >= 4 is 21.4 Å². The van der Waals surface area contributed by atoms with Crippen molar-refractivity contribution in [2.45, 2.75) is 11.8 Å². The van der Waals surface area contributed by atoms with E-state index in [1.54, 1.807) is 53.1 Å². The zero-order chi connectivity index (χ0) is 14.2. The number of hydrogen-bond donors (Lipinski definition) is 1. The highest BCUT2D eigenvalue weighted by atomic mass is 32.2. The van der Waals surface area contributed by atoms with Crippen LogP contribution in [0.4, 0.5) is 5.69 Å². The Balaban J connectivity index is 1.96. The first kappa shape index (κ1) is 12.7. The molecule has 2 aromatic heterocycles. The van der Waals surface area contributed by atoms with Crippen molar-refractivity contribution in [1.82, 2.24) is 9.38 Å². The van der Waals surface area contributed by atoms with E-state index in [2.05, 4.69) is 9.71 Å². The van der Waals surface area contributed by atoms with Crippen molar-refractivity contribution in [2.75, 3.05) is 4.72 Å².